The van der Waals surface area contributed by atoms with Crippen LogP contribution in [0.3, 0.4) is 0 Å². The molecule has 0 unspecified atom stereocenters. The zero-order valence-corrected chi connectivity index (χ0v) is 11.2. The number of alkyl halides is 3. The summed E-state index contributed by atoms with van der Waals surface area (Å²) in [5, 5.41) is -0.749. The molecule has 0 aliphatic carbocycles. The number of benzene rings is 1. The van der Waals surface area contributed by atoms with Crippen molar-refractivity contribution in [2.45, 2.75) is 6.18 Å². The quantitative estimate of drug-likeness (QED) is 0.744. The Morgan fingerprint density at radius 1 is 1.20 bits per heavy atom. The van der Waals surface area contributed by atoms with Crippen LogP contribution in [0.1, 0.15) is 15.9 Å². The molecule has 1 heterocycles. The van der Waals surface area contributed by atoms with E-state index >= 15 is 0 Å². The normalized spacial score (nSPS) is 11.4. The van der Waals surface area contributed by atoms with Gasteiger partial charge in [0.1, 0.15) is 0 Å². The zero-order valence-electron chi connectivity index (χ0n) is 9.71. The van der Waals surface area contributed by atoms with Crippen molar-refractivity contribution >= 4 is 28.4 Å². The highest BCUT2D eigenvalue weighted by molar-refractivity contribution is 6.68. The Morgan fingerprint density at radius 3 is 2.45 bits per heavy atom. The van der Waals surface area contributed by atoms with E-state index in [9.17, 15) is 18.0 Å². The standard InChI is InChI=1S/C13H6Cl2F3NO/c14-10-2-1-5-19-11(10)9-6-7(13(16,17)18)3-4-8(9)12(15)20/h1-6H. The predicted octanol–water partition coefficient (Wildman–Crippen LogP) is 4.80. The van der Waals surface area contributed by atoms with Crippen molar-refractivity contribution in [3.8, 4) is 11.3 Å². The van der Waals surface area contributed by atoms with E-state index in [-0.39, 0.29) is 21.8 Å². The summed E-state index contributed by atoms with van der Waals surface area (Å²) in [5.74, 6) is 0. The number of pyridine rings is 1. The van der Waals surface area contributed by atoms with Gasteiger partial charge in [-0.15, -0.1) is 0 Å². The molecule has 104 valence electrons. The van der Waals surface area contributed by atoms with Gasteiger partial charge in [0.25, 0.3) is 5.24 Å². The number of halogens is 5. The third-order valence-electron chi connectivity index (χ3n) is 2.57. The zero-order chi connectivity index (χ0) is 14.9. The average Bonchev–Trinajstić information content (AvgIpc) is 2.37. The highest BCUT2D eigenvalue weighted by Gasteiger charge is 2.32. The fourth-order valence-corrected chi connectivity index (χ4v) is 2.06. The van der Waals surface area contributed by atoms with Crippen molar-refractivity contribution in [2.24, 2.45) is 0 Å². The molecular formula is C13H6Cl2F3NO. The highest BCUT2D eigenvalue weighted by atomic mass is 35.5. The summed E-state index contributed by atoms with van der Waals surface area (Å²) in [4.78, 5) is 15.2. The number of carbonyl (C=O) groups excluding carboxylic acids is 1. The maximum atomic E-state index is 12.7. The van der Waals surface area contributed by atoms with E-state index < -0.39 is 17.0 Å². The number of hydrogen-bond donors (Lipinski definition) is 0. The Balaban J connectivity index is 2.71. The molecular weight excluding hydrogens is 314 g/mol. The second-order valence-electron chi connectivity index (χ2n) is 3.87. The van der Waals surface area contributed by atoms with Gasteiger partial charge in [0, 0.05) is 17.3 Å². The van der Waals surface area contributed by atoms with Crippen LogP contribution >= 0.6 is 23.2 Å². The molecule has 0 fully saturated rings. The summed E-state index contributed by atoms with van der Waals surface area (Å²) in [5.41, 5.74) is -0.967. The lowest BCUT2D eigenvalue weighted by molar-refractivity contribution is -0.137. The Morgan fingerprint density at radius 2 is 1.90 bits per heavy atom. The van der Waals surface area contributed by atoms with Crippen LogP contribution in [0.15, 0.2) is 36.5 Å². The van der Waals surface area contributed by atoms with E-state index in [1.165, 1.54) is 18.3 Å². The molecule has 0 aliphatic rings. The molecule has 0 amide bonds. The van der Waals surface area contributed by atoms with E-state index in [0.29, 0.717) is 0 Å². The first-order chi connectivity index (χ1) is 9.30. The van der Waals surface area contributed by atoms with Gasteiger partial charge < -0.3 is 0 Å². The molecule has 2 aromatic rings. The van der Waals surface area contributed by atoms with E-state index in [1.807, 2.05) is 0 Å². The maximum Gasteiger partial charge on any atom is 0.416 e. The van der Waals surface area contributed by atoms with Crippen LogP contribution in [0.25, 0.3) is 11.3 Å². The Labute approximate surface area is 122 Å². The fourth-order valence-electron chi connectivity index (χ4n) is 1.67. The number of carbonyl (C=O) groups is 1. The van der Waals surface area contributed by atoms with Crippen molar-refractivity contribution in [2.75, 3.05) is 0 Å². The average molecular weight is 320 g/mol. The molecule has 7 heteroatoms. The smallest absolute Gasteiger partial charge is 0.276 e. The third-order valence-corrected chi connectivity index (χ3v) is 3.08. The van der Waals surface area contributed by atoms with Gasteiger partial charge in [0.05, 0.1) is 16.3 Å². The van der Waals surface area contributed by atoms with Crippen LogP contribution in [0.5, 0.6) is 0 Å². The summed E-state index contributed by atoms with van der Waals surface area (Å²) >= 11 is 11.3. The lowest BCUT2D eigenvalue weighted by Gasteiger charge is -2.12. The first-order valence-electron chi connectivity index (χ1n) is 5.32. The summed E-state index contributed by atoms with van der Waals surface area (Å²) in [6, 6.07) is 5.60. The Hall–Kier alpha value is -1.59. The SMILES string of the molecule is O=C(Cl)c1ccc(C(F)(F)F)cc1-c1ncccc1Cl. The molecule has 1 aromatic heterocycles. The molecule has 0 spiro atoms. The van der Waals surface area contributed by atoms with Crippen LogP contribution in [0.2, 0.25) is 5.02 Å². The predicted molar refractivity (Wildman–Crippen MR) is 69.9 cm³/mol. The van der Waals surface area contributed by atoms with Crippen LogP contribution < -0.4 is 0 Å². The summed E-state index contributed by atoms with van der Waals surface area (Å²) in [7, 11) is 0. The van der Waals surface area contributed by atoms with Crippen LogP contribution in [-0.4, -0.2) is 10.2 Å². The summed E-state index contributed by atoms with van der Waals surface area (Å²) in [6.07, 6.45) is -3.17. The first-order valence-corrected chi connectivity index (χ1v) is 6.08. The first kappa shape index (κ1) is 14.8. The molecule has 0 atom stereocenters. The minimum absolute atomic E-state index is 0.0505. The van der Waals surface area contributed by atoms with Crippen molar-refractivity contribution in [1.29, 1.82) is 0 Å². The van der Waals surface area contributed by atoms with E-state index in [4.69, 9.17) is 23.2 Å². The minimum Gasteiger partial charge on any atom is -0.276 e. The van der Waals surface area contributed by atoms with Gasteiger partial charge in [-0.2, -0.15) is 13.2 Å². The Kier molecular flexibility index (Phi) is 4.01. The second-order valence-corrected chi connectivity index (χ2v) is 4.62. The van der Waals surface area contributed by atoms with Crippen LogP contribution in [0, 0.1) is 0 Å². The Bertz CT molecular complexity index is 671. The number of nitrogens with zero attached hydrogens (tertiary/aromatic N) is 1. The van der Waals surface area contributed by atoms with E-state index in [2.05, 4.69) is 4.98 Å². The van der Waals surface area contributed by atoms with E-state index in [1.54, 1.807) is 0 Å². The third kappa shape index (κ3) is 2.94. The molecule has 1 aromatic carbocycles. The van der Waals surface area contributed by atoms with Gasteiger partial charge in [0.15, 0.2) is 0 Å². The second kappa shape index (κ2) is 5.42. The van der Waals surface area contributed by atoms with Gasteiger partial charge in [-0.3, -0.25) is 9.78 Å². The van der Waals surface area contributed by atoms with Gasteiger partial charge in [-0.05, 0) is 41.9 Å². The fraction of sp³-hybridized carbons (Fsp3) is 0.0769. The van der Waals surface area contributed by atoms with Crippen molar-refractivity contribution in [3.63, 3.8) is 0 Å². The van der Waals surface area contributed by atoms with Crippen molar-refractivity contribution < 1.29 is 18.0 Å². The van der Waals surface area contributed by atoms with Gasteiger partial charge in [-0.1, -0.05) is 11.6 Å². The molecule has 2 rings (SSSR count). The number of hydrogen-bond acceptors (Lipinski definition) is 2. The van der Waals surface area contributed by atoms with Gasteiger partial charge in [-0.25, -0.2) is 0 Å². The monoisotopic (exact) mass is 319 g/mol. The molecule has 20 heavy (non-hydrogen) atoms. The number of aromatic nitrogens is 1. The van der Waals surface area contributed by atoms with Gasteiger partial charge >= 0.3 is 6.18 Å². The molecule has 0 radical (unpaired) electrons. The van der Waals surface area contributed by atoms with Crippen LogP contribution in [-0.2, 0) is 6.18 Å². The molecule has 0 aliphatic heterocycles. The molecule has 0 N–H and O–H groups in total. The highest BCUT2D eigenvalue weighted by Crippen LogP contribution is 2.35. The molecule has 2 nitrogen and oxygen atoms in total. The summed E-state index contributed by atoms with van der Waals surface area (Å²) in [6.45, 7) is 0. The minimum atomic E-state index is -4.54. The largest absolute Gasteiger partial charge is 0.416 e. The number of rotatable bonds is 2. The van der Waals surface area contributed by atoms with E-state index in [0.717, 1.165) is 18.2 Å². The lowest BCUT2D eigenvalue weighted by atomic mass is 10.0. The molecule has 0 saturated carbocycles. The lowest BCUT2D eigenvalue weighted by Crippen LogP contribution is -2.07. The maximum absolute atomic E-state index is 12.7. The van der Waals surface area contributed by atoms with Crippen molar-refractivity contribution in [1.82, 2.24) is 4.98 Å². The summed E-state index contributed by atoms with van der Waals surface area (Å²) < 4.78 is 38.2. The van der Waals surface area contributed by atoms with Crippen molar-refractivity contribution in [3.05, 3.63) is 52.7 Å². The molecule has 0 saturated heterocycles. The topological polar surface area (TPSA) is 30.0 Å². The van der Waals surface area contributed by atoms with Crippen LogP contribution in [0.4, 0.5) is 13.2 Å². The van der Waals surface area contributed by atoms with Gasteiger partial charge in [0.2, 0.25) is 0 Å². The molecule has 0 bridgehead atoms.